The van der Waals surface area contributed by atoms with Gasteiger partial charge in [0.2, 0.25) is 0 Å². The van der Waals surface area contributed by atoms with Crippen LogP contribution in [0.3, 0.4) is 0 Å². The van der Waals surface area contributed by atoms with Crippen molar-refractivity contribution in [2.45, 2.75) is 57.7 Å². The summed E-state index contributed by atoms with van der Waals surface area (Å²) >= 11 is 0. The molecule has 0 aliphatic heterocycles. The fourth-order valence-corrected chi connectivity index (χ4v) is 2.19. The van der Waals surface area contributed by atoms with Crippen LogP contribution in [-0.2, 0) is 4.74 Å². The lowest BCUT2D eigenvalue weighted by Crippen LogP contribution is -2.50. The summed E-state index contributed by atoms with van der Waals surface area (Å²) in [6, 6.07) is 0.619. The smallest absolute Gasteiger partial charge is 0.0693 e. The normalized spacial score (nSPS) is 29.4. The molecule has 1 saturated carbocycles. The van der Waals surface area contributed by atoms with Crippen molar-refractivity contribution in [2.24, 2.45) is 5.92 Å². The Morgan fingerprint density at radius 1 is 1.33 bits per heavy atom. The average Bonchev–Trinajstić information content (AvgIpc) is 2.20. The number of hydrogen-bond acceptors (Lipinski definition) is 3. The molecule has 0 heterocycles. The summed E-state index contributed by atoms with van der Waals surface area (Å²) in [7, 11) is 1.73. The van der Waals surface area contributed by atoms with Gasteiger partial charge in [0.25, 0.3) is 0 Å². The van der Waals surface area contributed by atoms with E-state index in [0.29, 0.717) is 12.0 Å². The van der Waals surface area contributed by atoms with E-state index in [-0.39, 0.29) is 12.1 Å². The summed E-state index contributed by atoms with van der Waals surface area (Å²) in [4.78, 5) is 0. The number of nitrogens with one attached hydrogen (secondary N) is 1. The summed E-state index contributed by atoms with van der Waals surface area (Å²) in [6.45, 7) is 5.10. The molecule has 0 radical (unpaired) electrons. The molecule has 1 fully saturated rings. The van der Waals surface area contributed by atoms with Gasteiger partial charge in [0.15, 0.2) is 0 Å². The molecule has 90 valence electrons. The quantitative estimate of drug-likeness (QED) is 0.731. The van der Waals surface area contributed by atoms with Gasteiger partial charge in [0.1, 0.15) is 0 Å². The minimum atomic E-state index is -0.170. The molecular formula is C12H25NO2. The highest BCUT2D eigenvalue weighted by Gasteiger charge is 2.26. The van der Waals surface area contributed by atoms with Crippen molar-refractivity contribution < 1.29 is 9.84 Å². The Kier molecular flexibility index (Phi) is 5.58. The third kappa shape index (κ3) is 4.09. The number of rotatable bonds is 5. The zero-order valence-electron chi connectivity index (χ0n) is 10.2. The maximum atomic E-state index is 9.86. The summed E-state index contributed by atoms with van der Waals surface area (Å²) in [5, 5.41) is 13.4. The Labute approximate surface area is 93.2 Å². The SMILES string of the molecule is COCC(N[C@@H]1CCCC[C@H]1O)C(C)C. The van der Waals surface area contributed by atoms with Gasteiger partial charge in [-0.25, -0.2) is 0 Å². The zero-order valence-corrected chi connectivity index (χ0v) is 10.2. The van der Waals surface area contributed by atoms with E-state index in [0.717, 1.165) is 25.9 Å². The molecule has 0 saturated heterocycles. The molecule has 1 aliphatic rings. The topological polar surface area (TPSA) is 41.5 Å². The van der Waals surface area contributed by atoms with Gasteiger partial charge in [-0.05, 0) is 18.8 Å². The maximum Gasteiger partial charge on any atom is 0.0693 e. The third-order valence-corrected chi connectivity index (χ3v) is 3.31. The number of ether oxygens (including phenoxy) is 1. The highest BCUT2D eigenvalue weighted by molar-refractivity contribution is 4.84. The summed E-state index contributed by atoms with van der Waals surface area (Å²) < 4.78 is 5.20. The van der Waals surface area contributed by atoms with Crippen molar-refractivity contribution in [1.82, 2.24) is 5.32 Å². The van der Waals surface area contributed by atoms with Gasteiger partial charge in [0.05, 0.1) is 12.7 Å². The number of methoxy groups -OCH3 is 1. The zero-order chi connectivity index (χ0) is 11.3. The Bertz CT molecular complexity index is 171. The van der Waals surface area contributed by atoms with Crippen LogP contribution in [0.5, 0.6) is 0 Å². The maximum absolute atomic E-state index is 9.86. The highest BCUT2D eigenvalue weighted by Crippen LogP contribution is 2.19. The lowest BCUT2D eigenvalue weighted by Gasteiger charge is -2.33. The van der Waals surface area contributed by atoms with Crippen LogP contribution >= 0.6 is 0 Å². The Morgan fingerprint density at radius 2 is 2.00 bits per heavy atom. The van der Waals surface area contributed by atoms with E-state index in [1.807, 2.05) is 0 Å². The molecule has 0 aromatic carbocycles. The van der Waals surface area contributed by atoms with Crippen LogP contribution in [0.15, 0.2) is 0 Å². The molecule has 0 amide bonds. The fourth-order valence-electron chi connectivity index (χ4n) is 2.19. The van der Waals surface area contributed by atoms with Crippen LogP contribution in [0.4, 0.5) is 0 Å². The third-order valence-electron chi connectivity index (χ3n) is 3.31. The largest absolute Gasteiger partial charge is 0.392 e. The Hall–Kier alpha value is -0.120. The standard InChI is InChI=1S/C12H25NO2/c1-9(2)11(8-15-3)13-10-6-4-5-7-12(10)14/h9-14H,4-8H2,1-3H3/t10-,11?,12-/m1/s1. The Morgan fingerprint density at radius 3 is 2.53 bits per heavy atom. The van der Waals surface area contributed by atoms with Crippen LogP contribution in [0.2, 0.25) is 0 Å². The van der Waals surface area contributed by atoms with E-state index >= 15 is 0 Å². The molecule has 3 nitrogen and oxygen atoms in total. The van der Waals surface area contributed by atoms with E-state index in [2.05, 4.69) is 19.2 Å². The molecule has 0 bridgehead atoms. The average molecular weight is 215 g/mol. The van der Waals surface area contributed by atoms with Gasteiger partial charge < -0.3 is 15.2 Å². The van der Waals surface area contributed by atoms with Crippen molar-refractivity contribution in [2.75, 3.05) is 13.7 Å². The minimum Gasteiger partial charge on any atom is -0.392 e. The van der Waals surface area contributed by atoms with E-state index in [1.54, 1.807) is 7.11 Å². The molecule has 0 spiro atoms. The van der Waals surface area contributed by atoms with Crippen molar-refractivity contribution >= 4 is 0 Å². The molecule has 0 aromatic heterocycles. The summed E-state index contributed by atoms with van der Waals surface area (Å²) in [6.07, 6.45) is 4.25. The first-order valence-electron chi connectivity index (χ1n) is 6.08. The van der Waals surface area contributed by atoms with Gasteiger partial charge in [-0.1, -0.05) is 26.7 Å². The van der Waals surface area contributed by atoms with Gasteiger partial charge in [-0.15, -0.1) is 0 Å². The lowest BCUT2D eigenvalue weighted by molar-refractivity contribution is 0.0656. The molecule has 0 aromatic rings. The van der Waals surface area contributed by atoms with Gasteiger partial charge in [0, 0.05) is 19.2 Å². The molecular weight excluding hydrogens is 190 g/mol. The second kappa shape index (κ2) is 6.46. The predicted molar refractivity (Wildman–Crippen MR) is 61.9 cm³/mol. The molecule has 3 heteroatoms. The van der Waals surface area contributed by atoms with Crippen LogP contribution in [-0.4, -0.2) is 37.0 Å². The fraction of sp³-hybridized carbons (Fsp3) is 1.00. The highest BCUT2D eigenvalue weighted by atomic mass is 16.5. The van der Waals surface area contributed by atoms with E-state index in [9.17, 15) is 5.11 Å². The number of aliphatic hydroxyl groups is 1. The molecule has 1 rings (SSSR count). The second-order valence-electron chi connectivity index (χ2n) is 4.93. The van der Waals surface area contributed by atoms with Gasteiger partial charge >= 0.3 is 0 Å². The van der Waals surface area contributed by atoms with E-state index < -0.39 is 0 Å². The van der Waals surface area contributed by atoms with E-state index in [4.69, 9.17) is 4.74 Å². The van der Waals surface area contributed by atoms with Crippen molar-refractivity contribution in [3.05, 3.63) is 0 Å². The van der Waals surface area contributed by atoms with Crippen LogP contribution in [0.1, 0.15) is 39.5 Å². The van der Waals surface area contributed by atoms with Crippen molar-refractivity contribution in [1.29, 1.82) is 0 Å². The van der Waals surface area contributed by atoms with Crippen molar-refractivity contribution in [3.63, 3.8) is 0 Å². The molecule has 2 N–H and O–H groups in total. The van der Waals surface area contributed by atoms with Crippen molar-refractivity contribution in [3.8, 4) is 0 Å². The number of hydrogen-bond donors (Lipinski definition) is 2. The first-order chi connectivity index (χ1) is 7.15. The second-order valence-corrected chi connectivity index (χ2v) is 4.93. The Balaban J connectivity index is 2.41. The lowest BCUT2D eigenvalue weighted by atomic mass is 9.91. The monoisotopic (exact) mass is 215 g/mol. The molecule has 15 heavy (non-hydrogen) atoms. The van der Waals surface area contributed by atoms with E-state index in [1.165, 1.54) is 6.42 Å². The molecule has 1 unspecified atom stereocenters. The van der Waals surface area contributed by atoms with Crippen LogP contribution in [0, 0.1) is 5.92 Å². The molecule has 1 aliphatic carbocycles. The molecule has 3 atom stereocenters. The number of aliphatic hydroxyl groups excluding tert-OH is 1. The predicted octanol–water partition coefficient (Wildman–Crippen LogP) is 1.55. The first kappa shape index (κ1) is 12.9. The van der Waals surface area contributed by atoms with Crippen LogP contribution < -0.4 is 5.32 Å². The minimum absolute atomic E-state index is 0.170. The van der Waals surface area contributed by atoms with Gasteiger partial charge in [-0.3, -0.25) is 0 Å². The summed E-state index contributed by atoms with van der Waals surface area (Å²) in [5.74, 6) is 0.541. The first-order valence-corrected chi connectivity index (χ1v) is 6.08. The van der Waals surface area contributed by atoms with Gasteiger partial charge in [-0.2, -0.15) is 0 Å². The summed E-state index contributed by atoms with van der Waals surface area (Å²) in [5.41, 5.74) is 0. The van der Waals surface area contributed by atoms with Crippen LogP contribution in [0.25, 0.3) is 0 Å².